The summed E-state index contributed by atoms with van der Waals surface area (Å²) < 4.78 is 0. The van der Waals surface area contributed by atoms with Gasteiger partial charge in [-0.2, -0.15) is 0 Å². The lowest BCUT2D eigenvalue weighted by Gasteiger charge is -2.21. The Kier molecular flexibility index (Phi) is 6.32. The maximum atomic E-state index is 4.97. The molecule has 42 heavy (non-hydrogen) atoms. The molecule has 0 aliphatic rings. The molecule has 7 rings (SSSR count). The molecule has 7 aromatic rings. The van der Waals surface area contributed by atoms with Gasteiger partial charge in [0.2, 0.25) is 0 Å². The van der Waals surface area contributed by atoms with Gasteiger partial charge in [0.1, 0.15) is 0 Å². The highest BCUT2D eigenvalue weighted by Gasteiger charge is 2.21. The number of benzene rings is 3. The van der Waals surface area contributed by atoms with Crippen LogP contribution in [0.15, 0.2) is 110 Å². The molecule has 0 aliphatic heterocycles. The van der Waals surface area contributed by atoms with E-state index in [1.54, 1.807) is 0 Å². The minimum absolute atomic E-state index is 0.891. The van der Waals surface area contributed by atoms with Gasteiger partial charge in [-0.25, -0.2) is 0 Å². The van der Waals surface area contributed by atoms with Crippen molar-refractivity contribution >= 4 is 21.5 Å². The van der Waals surface area contributed by atoms with Crippen molar-refractivity contribution in [1.82, 2.24) is 19.9 Å². The lowest BCUT2D eigenvalue weighted by Crippen LogP contribution is -2.00. The Morgan fingerprint density at radius 2 is 0.738 bits per heavy atom. The third-order valence-electron chi connectivity index (χ3n) is 8.57. The Labute approximate surface area is 245 Å². The van der Waals surface area contributed by atoms with E-state index in [0.29, 0.717) is 0 Å². The Morgan fingerprint density at radius 1 is 0.381 bits per heavy atom. The van der Waals surface area contributed by atoms with Crippen LogP contribution in [0.2, 0.25) is 0 Å². The van der Waals surface area contributed by atoms with Gasteiger partial charge in [0.05, 0.1) is 22.8 Å². The molecule has 0 saturated carbocycles. The highest BCUT2D eigenvalue weighted by Crippen LogP contribution is 2.46. The van der Waals surface area contributed by atoms with Gasteiger partial charge < -0.3 is 0 Å². The zero-order valence-corrected chi connectivity index (χ0v) is 24.2. The van der Waals surface area contributed by atoms with E-state index < -0.39 is 0 Å². The van der Waals surface area contributed by atoms with Gasteiger partial charge >= 0.3 is 0 Å². The second kappa shape index (κ2) is 10.3. The van der Waals surface area contributed by atoms with Crippen LogP contribution in [0.25, 0.3) is 66.6 Å². The van der Waals surface area contributed by atoms with E-state index in [9.17, 15) is 0 Å². The molecule has 0 amide bonds. The van der Waals surface area contributed by atoms with Crippen molar-refractivity contribution in [2.45, 2.75) is 27.7 Å². The van der Waals surface area contributed by atoms with Crippen molar-refractivity contribution in [1.29, 1.82) is 0 Å². The van der Waals surface area contributed by atoms with Crippen LogP contribution in [0.1, 0.15) is 22.3 Å². The summed E-state index contributed by atoms with van der Waals surface area (Å²) in [5.74, 6) is 0. The Bertz CT molecular complexity index is 1910. The number of hydrogen-bond donors (Lipinski definition) is 0. The lowest BCUT2D eigenvalue weighted by molar-refractivity contribution is 1.19. The molecular formula is C38H30N4. The number of fused-ring (bicyclic) bond motifs is 2. The summed E-state index contributed by atoms with van der Waals surface area (Å²) in [4.78, 5) is 19.1. The van der Waals surface area contributed by atoms with Gasteiger partial charge in [-0.3, -0.25) is 19.9 Å². The highest BCUT2D eigenvalue weighted by molar-refractivity contribution is 6.21. The highest BCUT2D eigenvalue weighted by atomic mass is 14.8. The van der Waals surface area contributed by atoms with Crippen molar-refractivity contribution < 1.29 is 0 Å². The molecule has 4 aromatic heterocycles. The number of nitrogens with zero attached hydrogens (tertiary/aromatic N) is 4. The van der Waals surface area contributed by atoms with Crippen molar-refractivity contribution in [3.8, 4) is 45.0 Å². The molecule has 0 atom stereocenters. The van der Waals surface area contributed by atoms with Crippen LogP contribution in [0.5, 0.6) is 0 Å². The largest absolute Gasteiger partial charge is 0.255 e. The molecule has 0 saturated heterocycles. The summed E-state index contributed by atoms with van der Waals surface area (Å²) >= 11 is 0. The summed E-state index contributed by atoms with van der Waals surface area (Å²) in [5, 5.41) is 4.80. The van der Waals surface area contributed by atoms with E-state index in [4.69, 9.17) is 9.97 Å². The van der Waals surface area contributed by atoms with E-state index >= 15 is 0 Å². The van der Waals surface area contributed by atoms with Gasteiger partial charge in [0.25, 0.3) is 0 Å². The van der Waals surface area contributed by atoms with Crippen LogP contribution in [-0.4, -0.2) is 19.9 Å². The third-order valence-corrected chi connectivity index (χ3v) is 8.57. The Hall–Kier alpha value is -5.22. The quantitative estimate of drug-likeness (QED) is 0.208. The second-order valence-corrected chi connectivity index (χ2v) is 10.8. The van der Waals surface area contributed by atoms with Gasteiger partial charge in [-0.1, -0.05) is 60.7 Å². The fraction of sp³-hybridized carbons (Fsp3) is 0.105. The third kappa shape index (κ3) is 4.07. The van der Waals surface area contributed by atoms with Gasteiger partial charge in [-0.15, -0.1) is 0 Å². The summed E-state index contributed by atoms with van der Waals surface area (Å²) in [6.07, 6.45) is 7.69. The monoisotopic (exact) mass is 542 g/mol. The number of pyridine rings is 4. The maximum Gasteiger partial charge on any atom is 0.0918 e. The molecule has 0 N–H and O–H groups in total. The lowest BCUT2D eigenvalue weighted by atomic mass is 9.83. The van der Waals surface area contributed by atoms with Gasteiger partial charge in [-0.05, 0) is 107 Å². The Morgan fingerprint density at radius 3 is 1.07 bits per heavy atom. The molecule has 0 bridgehead atoms. The van der Waals surface area contributed by atoms with Crippen LogP contribution in [0.4, 0.5) is 0 Å². The molecule has 0 aliphatic carbocycles. The number of rotatable bonds is 4. The van der Waals surface area contributed by atoms with Crippen molar-refractivity contribution in [2.24, 2.45) is 0 Å². The molecule has 4 heterocycles. The molecule has 202 valence electrons. The number of aromatic nitrogens is 4. The number of hydrogen-bond acceptors (Lipinski definition) is 4. The predicted octanol–water partition coefficient (Wildman–Crippen LogP) is 9.47. The molecule has 3 aromatic carbocycles. The molecular weight excluding hydrogens is 512 g/mol. The van der Waals surface area contributed by atoms with Crippen LogP contribution in [0, 0.1) is 27.7 Å². The molecule has 0 unspecified atom stereocenters. The first kappa shape index (κ1) is 25.7. The van der Waals surface area contributed by atoms with Gasteiger partial charge in [0, 0.05) is 35.9 Å². The minimum Gasteiger partial charge on any atom is -0.255 e. The average molecular weight is 543 g/mol. The molecule has 0 fully saturated rings. The first-order valence-electron chi connectivity index (χ1n) is 14.2. The molecule has 0 spiro atoms. The van der Waals surface area contributed by atoms with Crippen molar-refractivity contribution in [2.75, 3.05) is 0 Å². The van der Waals surface area contributed by atoms with E-state index in [1.165, 1.54) is 43.8 Å². The molecule has 0 radical (unpaired) electrons. The zero-order valence-electron chi connectivity index (χ0n) is 24.2. The second-order valence-electron chi connectivity index (χ2n) is 10.8. The topological polar surface area (TPSA) is 51.6 Å². The summed E-state index contributed by atoms with van der Waals surface area (Å²) in [5.41, 5.74) is 13.0. The van der Waals surface area contributed by atoms with Crippen LogP contribution < -0.4 is 0 Å². The van der Waals surface area contributed by atoms with E-state index in [0.717, 1.165) is 45.0 Å². The smallest absolute Gasteiger partial charge is 0.0918 e. The summed E-state index contributed by atoms with van der Waals surface area (Å²) in [6.45, 7) is 8.69. The average Bonchev–Trinajstić information content (AvgIpc) is 3.04. The van der Waals surface area contributed by atoms with Gasteiger partial charge in [0.15, 0.2) is 0 Å². The fourth-order valence-electron chi connectivity index (χ4n) is 6.14. The first-order valence-corrected chi connectivity index (χ1v) is 14.2. The zero-order chi connectivity index (χ0) is 28.8. The van der Waals surface area contributed by atoms with E-state index in [-0.39, 0.29) is 0 Å². The van der Waals surface area contributed by atoms with Crippen molar-refractivity contribution in [3.05, 3.63) is 132 Å². The van der Waals surface area contributed by atoms with Crippen LogP contribution >= 0.6 is 0 Å². The standard InChI is InChI=1S/C38H30N4/c1-23-25(3)37(33-17-9-11-19-39-33)41-21-31(23)35-27-13-5-7-15-29(27)36(30-16-8-6-14-28(30)35)32-22-42-38(26(4)24(32)2)34-18-10-12-20-40-34/h5-22H,1-4H3. The Balaban J connectivity index is 1.51. The summed E-state index contributed by atoms with van der Waals surface area (Å²) in [7, 11) is 0. The molecule has 4 heteroatoms. The SMILES string of the molecule is Cc1c(-c2c3ccccc3c(-c3cnc(-c4ccccn4)c(C)c3C)c3ccccc23)cnc(-c2ccccn2)c1C. The fourth-order valence-corrected chi connectivity index (χ4v) is 6.14. The van der Waals surface area contributed by atoms with Crippen LogP contribution in [0.3, 0.4) is 0 Å². The maximum absolute atomic E-state index is 4.97. The van der Waals surface area contributed by atoms with Crippen molar-refractivity contribution in [3.63, 3.8) is 0 Å². The van der Waals surface area contributed by atoms with Crippen LogP contribution in [-0.2, 0) is 0 Å². The normalized spacial score (nSPS) is 11.3. The van der Waals surface area contributed by atoms with E-state index in [1.807, 2.05) is 61.2 Å². The molecule has 4 nitrogen and oxygen atoms in total. The van der Waals surface area contributed by atoms with E-state index in [2.05, 4.69) is 86.2 Å². The minimum atomic E-state index is 0.891. The summed E-state index contributed by atoms with van der Waals surface area (Å²) in [6, 6.07) is 29.4. The predicted molar refractivity (Wildman–Crippen MR) is 173 cm³/mol. The first-order chi connectivity index (χ1) is 20.5.